The van der Waals surface area contributed by atoms with Gasteiger partial charge in [-0.1, -0.05) is 13.8 Å². The Hall–Kier alpha value is -1.58. The highest BCUT2D eigenvalue weighted by molar-refractivity contribution is 5.62. The molecule has 0 radical (unpaired) electrons. The van der Waals surface area contributed by atoms with E-state index < -0.39 is 0 Å². The third-order valence-corrected chi connectivity index (χ3v) is 4.87. The molecule has 0 atom stereocenters. The van der Waals surface area contributed by atoms with Crippen molar-refractivity contribution in [3.05, 3.63) is 17.8 Å². The smallest absolute Gasteiger partial charge is 0.213 e. The number of hydrogen-bond donors (Lipinski definition) is 0. The van der Waals surface area contributed by atoms with Crippen LogP contribution in [-0.4, -0.2) is 35.9 Å². The van der Waals surface area contributed by atoms with E-state index in [4.69, 9.17) is 4.74 Å². The van der Waals surface area contributed by atoms with Gasteiger partial charge in [0.1, 0.15) is 6.10 Å². The first-order valence-electron chi connectivity index (χ1n) is 8.88. The first kappa shape index (κ1) is 17.8. The Morgan fingerprint density at radius 1 is 1.30 bits per heavy atom. The molecule has 0 N–H and O–H groups in total. The Kier molecular flexibility index (Phi) is 6.43. The van der Waals surface area contributed by atoms with Crippen molar-refractivity contribution in [2.24, 2.45) is 16.8 Å². The van der Waals surface area contributed by atoms with Crippen LogP contribution in [0.25, 0.3) is 0 Å². The van der Waals surface area contributed by atoms with Gasteiger partial charge in [0.05, 0.1) is 17.7 Å². The fourth-order valence-corrected chi connectivity index (χ4v) is 3.02. The van der Waals surface area contributed by atoms with Gasteiger partial charge in [-0.25, -0.2) is 9.98 Å². The summed E-state index contributed by atoms with van der Waals surface area (Å²) in [6.45, 7) is 9.68. The van der Waals surface area contributed by atoms with Crippen LogP contribution in [0.3, 0.4) is 0 Å². The van der Waals surface area contributed by atoms with Crippen LogP contribution in [0.1, 0.15) is 52.1 Å². The molecule has 0 bridgehead atoms. The summed E-state index contributed by atoms with van der Waals surface area (Å²) in [7, 11) is 2.01. The average Bonchev–Trinajstić information content (AvgIpc) is 2.54. The fraction of sp³-hybridized carbons (Fsp3) is 0.684. The second-order valence-corrected chi connectivity index (χ2v) is 6.97. The van der Waals surface area contributed by atoms with Gasteiger partial charge in [-0.05, 0) is 57.4 Å². The first-order chi connectivity index (χ1) is 11.0. The molecule has 0 unspecified atom stereocenters. The molecule has 0 amide bonds. The zero-order valence-corrected chi connectivity index (χ0v) is 15.2. The highest BCUT2D eigenvalue weighted by atomic mass is 16.5. The van der Waals surface area contributed by atoms with Gasteiger partial charge in [0.2, 0.25) is 5.88 Å². The summed E-state index contributed by atoms with van der Waals surface area (Å²) >= 11 is 0. The van der Waals surface area contributed by atoms with Crippen LogP contribution in [0.5, 0.6) is 5.88 Å². The lowest BCUT2D eigenvalue weighted by Crippen LogP contribution is -2.26. The van der Waals surface area contributed by atoms with E-state index in [0.717, 1.165) is 48.5 Å². The third-order valence-electron chi connectivity index (χ3n) is 4.87. The molecule has 4 heteroatoms. The molecule has 1 aliphatic carbocycles. The Labute approximate surface area is 141 Å². The van der Waals surface area contributed by atoms with Crippen LogP contribution in [0.4, 0.5) is 5.69 Å². The number of rotatable bonds is 6. The molecule has 0 aromatic carbocycles. The summed E-state index contributed by atoms with van der Waals surface area (Å²) in [5, 5.41) is 0. The van der Waals surface area contributed by atoms with Gasteiger partial charge in [-0.2, -0.15) is 0 Å². The van der Waals surface area contributed by atoms with Crippen molar-refractivity contribution < 1.29 is 4.74 Å². The lowest BCUT2D eigenvalue weighted by Gasteiger charge is -2.30. The molecule has 1 aromatic rings. The van der Waals surface area contributed by atoms with E-state index in [2.05, 4.69) is 30.7 Å². The largest absolute Gasteiger partial charge is 0.474 e. The van der Waals surface area contributed by atoms with Gasteiger partial charge in [-0.15, -0.1) is 0 Å². The van der Waals surface area contributed by atoms with Gasteiger partial charge in [0.15, 0.2) is 0 Å². The van der Waals surface area contributed by atoms with E-state index in [1.165, 1.54) is 12.8 Å². The minimum atomic E-state index is 0.317. The van der Waals surface area contributed by atoms with Gasteiger partial charge < -0.3 is 9.64 Å². The number of hydrogen-bond acceptors (Lipinski definition) is 3. The highest BCUT2D eigenvalue weighted by Crippen LogP contribution is 2.32. The monoisotopic (exact) mass is 317 g/mol. The predicted octanol–water partition coefficient (Wildman–Crippen LogP) is 4.60. The lowest BCUT2D eigenvalue weighted by molar-refractivity contribution is 0.112. The highest BCUT2D eigenvalue weighted by Gasteiger charge is 2.24. The van der Waals surface area contributed by atoms with Gasteiger partial charge in [0.25, 0.3) is 0 Å². The van der Waals surface area contributed by atoms with E-state index in [-0.39, 0.29) is 0 Å². The minimum Gasteiger partial charge on any atom is -0.474 e. The van der Waals surface area contributed by atoms with Crippen molar-refractivity contribution in [3.63, 3.8) is 0 Å². The van der Waals surface area contributed by atoms with E-state index in [0.29, 0.717) is 6.10 Å². The Bertz CT molecular complexity index is 519. The predicted molar refractivity (Wildman–Crippen MR) is 96.6 cm³/mol. The first-order valence-corrected chi connectivity index (χ1v) is 8.88. The summed E-state index contributed by atoms with van der Waals surface area (Å²) in [5.41, 5.74) is 1.82. The molecule has 0 saturated heterocycles. The van der Waals surface area contributed by atoms with Crippen LogP contribution in [0.15, 0.2) is 17.1 Å². The molecule has 23 heavy (non-hydrogen) atoms. The molecule has 1 aliphatic rings. The summed E-state index contributed by atoms with van der Waals surface area (Å²) in [6, 6.07) is 3.94. The zero-order valence-electron chi connectivity index (χ0n) is 15.2. The van der Waals surface area contributed by atoms with Crippen molar-refractivity contribution in [2.45, 2.75) is 59.5 Å². The van der Waals surface area contributed by atoms with Crippen LogP contribution in [-0.2, 0) is 0 Å². The number of pyridine rings is 1. The summed E-state index contributed by atoms with van der Waals surface area (Å²) in [4.78, 5) is 11.1. The van der Waals surface area contributed by atoms with Gasteiger partial charge in [-0.3, -0.25) is 0 Å². The van der Waals surface area contributed by atoms with E-state index in [9.17, 15) is 0 Å². The molecular formula is C19H31N3O. The number of nitrogens with zero attached hydrogens (tertiary/aromatic N) is 3. The SMILES string of the molecule is CCN(C)C=Nc1ccc(OC2CCC(C(C)C)CC2)nc1C. The summed E-state index contributed by atoms with van der Waals surface area (Å²) in [6.07, 6.45) is 6.99. The third kappa shape index (κ3) is 5.22. The van der Waals surface area contributed by atoms with Crippen LogP contribution >= 0.6 is 0 Å². The summed E-state index contributed by atoms with van der Waals surface area (Å²) < 4.78 is 6.09. The fourth-order valence-electron chi connectivity index (χ4n) is 3.02. The van der Waals surface area contributed by atoms with Crippen molar-refractivity contribution in [3.8, 4) is 5.88 Å². The Balaban J connectivity index is 1.92. The molecular weight excluding hydrogens is 286 g/mol. The molecule has 4 nitrogen and oxygen atoms in total. The van der Waals surface area contributed by atoms with E-state index >= 15 is 0 Å². The number of aryl methyl sites for hydroxylation is 1. The average molecular weight is 317 g/mol. The van der Waals surface area contributed by atoms with Crippen LogP contribution < -0.4 is 4.74 Å². The maximum Gasteiger partial charge on any atom is 0.213 e. The van der Waals surface area contributed by atoms with Crippen LogP contribution in [0.2, 0.25) is 0 Å². The molecule has 0 spiro atoms. The Morgan fingerprint density at radius 2 is 2.00 bits per heavy atom. The molecule has 1 heterocycles. The van der Waals surface area contributed by atoms with E-state index in [1.807, 2.05) is 37.3 Å². The normalized spacial score (nSPS) is 21.8. The number of aromatic nitrogens is 1. The molecule has 128 valence electrons. The summed E-state index contributed by atoms with van der Waals surface area (Å²) in [5.74, 6) is 2.38. The van der Waals surface area contributed by atoms with Gasteiger partial charge in [0, 0.05) is 19.7 Å². The molecule has 2 rings (SSSR count). The molecule has 1 fully saturated rings. The zero-order chi connectivity index (χ0) is 16.8. The van der Waals surface area contributed by atoms with Crippen LogP contribution in [0, 0.1) is 18.8 Å². The quantitative estimate of drug-likeness (QED) is 0.568. The van der Waals surface area contributed by atoms with Crippen molar-refractivity contribution in [2.75, 3.05) is 13.6 Å². The Morgan fingerprint density at radius 3 is 2.57 bits per heavy atom. The van der Waals surface area contributed by atoms with Crippen molar-refractivity contribution >= 4 is 12.0 Å². The maximum absolute atomic E-state index is 6.09. The van der Waals surface area contributed by atoms with Gasteiger partial charge >= 0.3 is 0 Å². The standard InChI is InChI=1S/C19H31N3O/c1-6-22(5)13-20-18-11-12-19(21-15(18)4)23-17-9-7-16(8-10-17)14(2)3/h11-14,16-17H,6-10H2,1-5H3. The van der Waals surface area contributed by atoms with Crippen molar-refractivity contribution in [1.82, 2.24) is 9.88 Å². The maximum atomic E-state index is 6.09. The number of aliphatic imine (C=N–C) groups is 1. The second kappa shape index (κ2) is 8.32. The number of ether oxygens (including phenoxy) is 1. The second-order valence-electron chi connectivity index (χ2n) is 6.97. The molecule has 1 aromatic heterocycles. The minimum absolute atomic E-state index is 0.317. The molecule has 1 saturated carbocycles. The lowest BCUT2D eigenvalue weighted by atomic mass is 9.80. The van der Waals surface area contributed by atoms with E-state index in [1.54, 1.807) is 0 Å². The topological polar surface area (TPSA) is 37.7 Å². The molecule has 0 aliphatic heterocycles. The van der Waals surface area contributed by atoms with Crippen molar-refractivity contribution in [1.29, 1.82) is 0 Å².